The summed E-state index contributed by atoms with van der Waals surface area (Å²) in [6, 6.07) is 13.8. The summed E-state index contributed by atoms with van der Waals surface area (Å²) in [5.41, 5.74) is 2.17. The minimum atomic E-state index is -1.05. The van der Waals surface area contributed by atoms with Crippen LogP contribution in [0.1, 0.15) is 21.5 Å². The van der Waals surface area contributed by atoms with Crippen LogP contribution in [0.2, 0.25) is 0 Å². The van der Waals surface area contributed by atoms with Gasteiger partial charge in [-0.2, -0.15) is 0 Å². The highest BCUT2D eigenvalue weighted by Gasteiger charge is 2.09. The smallest absolute Gasteiger partial charge is 0.411 e. The molecule has 0 aliphatic rings. The van der Waals surface area contributed by atoms with Gasteiger partial charge in [-0.25, -0.2) is 9.59 Å². The van der Waals surface area contributed by atoms with Crippen LogP contribution in [0.5, 0.6) is 0 Å². The third-order valence-corrected chi connectivity index (χ3v) is 2.93. The van der Waals surface area contributed by atoms with E-state index >= 15 is 0 Å². The summed E-state index contributed by atoms with van der Waals surface area (Å²) in [4.78, 5) is 22.7. The van der Waals surface area contributed by atoms with Crippen LogP contribution >= 0.6 is 0 Å². The molecule has 0 fully saturated rings. The normalized spacial score (nSPS) is 9.95. The van der Waals surface area contributed by atoms with E-state index in [4.69, 9.17) is 9.84 Å². The number of anilines is 1. The molecule has 0 aliphatic heterocycles. The molecule has 0 unspecified atom stereocenters. The van der Waals surface area contributed by atoms with Gasteiger partial charge in [0.15, 0.2) is 0 Å². The van der Waals surface area contributed by atoms with Crippen LogP contribution in [0.3, 0.4) is 0 Å². The van der Waals surface area contributed by atoms with Crippen LogP contribution in [0, 0.1) is 6.92 Å². The van der Waals surface area contributed by atoms with Crippen molar-refractivity contribution in [3.63, 3.8) is 0 Å². The average molecular weight is 285 g/mol. The van der Waals surface area contributed by atoms with Gasteiger partial charge in [-0.3, -0.25) is 5.32 Å². The average Bonchev–Trinajstić information content (AvgIpc) is 2.48. The third kappa shape index (κ3) is 4.07. The predicted octanol–water partition coefficient (Wildman–Crippen LogP) is 3.44. The fourth-order valence-corrected chi connectivity index (χ4v) is 1.76. The van der Waals surface area contributed by atoms with Crippen molar-refractivity contribution in [2.24, 2.45) is 0 Å². The molecule has 0 bridgehead atoms. The number of benzene rings is 2. The fourth-order valence-electron chi connectivity index (χ4n) is 1.76. The van der Waals surface area contributed by atoms with Gasteiger partial charge in [-0.05, 0) is 30.2 Å². The van der Waals surface area contributed by atoms with Crippen LogP contribution in [0.25, 0.3) is 0 Å². The van der Waals surface area contributed by atoms with Crippen LogP contribution < -0.4 is 5.32 Å². The topological polar surface area (TPSA) is 75.6 Å². The summed E-state index contributed by atoms with van der Waals surface area (Å²) in [6.07, 6.45) is -0.621. The van der Waals surface area contributed by atoms with E-state index in [9.17, 15) is 9.59 Å². The first kappa shape index (κ1) is 14.6. The van der Waals surface area contributed by atoms with Gasteiger partial charge in [0.05, 0.1) is 5.56 Å². The predicted molar refractivity (Wildman–Crippen MR) is 78.4 cm³/mol. The fraction of sp³-hybridized carbons (Fsp3) is 0.125. The molecule has 0 radical (unpaired) electrons. The Labute approximate surface area is 122 Å². The van der Waals surface area contributed by atoms with E-state index in [2.05, 4.69) is 5.32 Å². The van der Waals surface area contributed by atoms with Crippen LogP contribution in [0.4, 0.5) is 10.5 Å². The summed E-state index contributed by atoms with van der Waals surface area (Å²) in [5, 5.41) is 11.5. The zero-order valence-corrected chi connectivity index (χ0v) is 11.5. The largest absolute Gasteiger partial charge is 0.478 e. The van der Waals surface area contributed by atoms with Crippen molar-refractivity contribution in [3.8, 4) is 0 Å². The van der Waals surface area contributed by atoms with Crippen molar-refractivity contribution in [3.05, 3.63) is 65.2 Å². The lowest BCUT2D eigenvalue weighted by Crippen LogP contribution is -2.14. The summed E-state index contributed by atoms with van der Waals surface area (Å²) >= 11 is 0. The second-order valence-electron chi connectivity index (χ2n) is 4.52. The van der Waals surface area contributed by atoms with Gasteiger partial charge in [0.1, 0.15) is 6.61 Å². The number of carboxylic acid groups (broad SMARTS) is 1. The highest BCUT2D eigenvalue weighted by molar-refractivity contribution is 5.92. The molecule has 5 heteroatoms. The van der Waals surface area contributed by atoms with Crippen LogP contribution in [-0.2, 0) is 11.3 Å². The first-order valence-electron chi connectivity index (χ1n) is 6.38. The van der Waals surface area contributed by atoms with Gasteiger partial charge in [0.25, 0.3) is 0 Å². The molecule has 108 valence electrons. The van der Waals surface area contributed by atoms with Crippen molar-refractivity contribution in [2.75, 3.05) is 5.32 Å². The zero-order valence-electron chi connectivity index (χ0n) is 11.5. The number of aromatic carboxylic acids is 1. The maximum Gasteiger partial charge on any atom is 0.411 e. The molecule has 0 atom stereocenters. The van der Waals surface area contributed by atoms with Crippen molar-refractivity contribution in [1.29, 1.82) is 0 Å². The van der Waals surface area contributed by atoms with Crippen molar-refractivity contribution < 1.29 is 19.4 Å². The van der Waals surface area contributed by atoms with E-state index in [0.717, 1.165) is 11.1 Å². The number of carbonyl (C=O) groups is 2. The first-order chi connectivity index (χ1) is 10.1. The lowest BCUT2D eigenvalue weighted by molar-refractivity contribution is 0.0696. The Kier molecular flexibility index (Phi) is 4.56. The summed E-state index contributed by atoms with van der Waals surface area (Å²) < 4.78 is 5.09. The monoisotopic (exact) mass is 285 g/mol. The molecule has 2 rings (SSSR count). The van der Waals surface area contributed by atoms with Crippen molar-refractivity contribution >= 4 is 17.7 Å². The quantitative estimate of drug-likeness (QED) is 0.902. The molecular formula is C16H15NO4. The van der Waals surface area contributed by atoms with E-state index in [0.29, 0.717) is 5.69 Å². The van der Waals surface area contributed by atoms with Gasteiger partial charge in [0, 0.05) is 5.69 Å². The maximum atomic E-state index is 11.7. The molecule has 2 aromatic carbocycles. The van der Waals surface area contributed by atoms with E-state index < -0.39 is 12.1 Å². The van der Waals surface area contributed by atoms with Gasteiger partial charge < -0.3 is 9.84 Å². The molecule has 0 aromatic heterocycles. The van der Waals surface area contributed by atoms with Gasteiger partial charge in [-0.15, -0.1) is 0 Å². The van der Waals surface area contributed by atoms with Crippen LogP contribution in [0.15, 0.2) is 48.5 Å². The summed E-state index contributed by atoms with van der Waals surface area (Å²) in [7, 11) is 0. The Morgan fingerprint density at radius 1 is 1.14 bits per heavy atom. The second kappa shape index (κ2) is 6.56. The minimum Gasteiger partial charge on any atom is -0.478 e. The highest BCUT2D eigenvalue weighted by Crippen LogP contribution is 2.17. The van der Waals surface area contributed by atoms with Gasteiger partial charge in [-0.1, -0.05) is 36.4 Å². The standard InChI is InChI=1S/C16H15NO4/c1-11-7-8-13(15(18)19)9-14(11)17-16(20)21-10-12-5-3-2-4-6-12/h2-9H,10H2,1H3,(H,17,20)(H,18,19). The number of hydrogen-bond donors (Lipinski definition) is 2. The molecule has 2 N–H and O–H groups in total. The number of carbonyl (C=O) groups excluding carboxylic acids is 1. The Morgan fingerprint density at radius 3 is 2.52 bits per heavy atom. The number of nitrogens with one attached hydrogen (secondary N) is 1. The van der Waals surface area contributed by atoms with Gasteiger partial charge >= 0.3 is 12.1 Å². The van der Waals surface area contributed by atoms with Gasteiger partial charge in [0.2, 0.25) is 0 Å². The lowest BCUT2D eigenvalue weighted by Gasteiger charge is -2.10. The lowest BCUT2D eigenvalue weighted by atomic mass is 10.1. The number of ether oxygens (including phenoxy) is 1. The Morgan fingerprint density at radius 2 is 1.86 bits per heavy atom. The van der Waals surface area contributed by atoms with Crippen LogP contribution in [-0.4, -0.2) is 17.2 Å². The summed E-state index contributed by atoms with van der Waals surface area (Å²) in [6.45, 7) is 1.93. The van der Waals surface area contributed by atoms with E-state index in [-0.39, 0.29) is 12.2 Å². The van der Waals surface area contributed by atoms with E-state index in [1.54, 1.807) is 13.0 Å². The molecule has 0 heterocycles. The molecule has 0 aliphatic carbocycles. The van der Waals surface area contributed by atoms with Crippen molar-refractivity contribution in [2.45, 2.75) is 13.5 Å². The molecule has 0 saturated carbocycles. The zero-order chi connectivity index (χ0) is 15.2. The molecule has 5 nitrogen and oxygen atoms in total. The third-order valence-electron chi connectivity index (χ3n) is 2.93. The molecule has 21 heavy (non-hydrogen) atoms. The number of rotatable bonds is 4. The SMILES string of the molecule is Cc1ccc(C(=O)O)cc1NC(=O)OCc1ccccc1. The molecule has 2 aromatic rings. The molecular weight excluding hydrogens is 270 g/mol. The Bertz CT molecular complexity index is 653. The highest BCUT2D eigenvalue weighted by atomic mass is 16.5. The number of amides is 1. The maximum absolute atomic E-state index is 11.7. The molecule has 1 amide bonds. The number of carboxylic acids is 1. The Balaban J connectivity index is 1.99. The first-order valence-corrected chi connectivity index (χ1v) is 6.38. The molecule has 0 spiro atoms. The number of aryl methyl sites for hydroxylation is 1. The molecule has 0 saturated heterocycles. The second-order valence-corrected chi connectivity index (χ2v) is 4.52. The van der Waals surface area contributed by atoms with Crippen molar-refractivity contribution in [1.82, 2.24) is 0 Å². The summed E-state index contributed by atoms with van der Waals surface area (Å²) in [5.74, 6) is -1.05. The van der Waals surface area contributed by atoms with E-state index in [1.807, 2.05) is 30.3 Å². The Hall–Kier alpha value is -2.82. The van der Waals surface area contributed by atoms with E-state index in [1.165, 1.54) is 12.1 Å². The minimum absolute atomic E-state index is 0.110. The number of hydrogen-bond acceptors (Lipinski definition) is 3.